The molecule has 0 spiro atoms. The minimum atomic E-state index is -1.50. The molecule has 1 unspecified atom stereocenters. The van der Waals surface area contributed by atoms with Gasteiger partial charge in [-0.15, -0.1) is 0 Å². The lowest BCUT2D eigenvalue weighted by Crippen LogP contribution is -2.40. The number of anilines is 1. The summed E-state index contributed by atoms with van der Waals surface area (Å²) in [5, 5.41) is 13.1. The van der Waals surface area contributed by atoms with Gasteiger partial charge >= 0.3 is 5.97 Å². The SMILES string of the molecule is CC(Nc1ccc(F)cc1)(C(=O)O)c1cc(Cl)ccc1Cl. The van der Waals surface area contributed by atoms with Gasteiger partial charge < -0.3 is 10.4 Å². The summed E-state index contributed by atoms with van der Waals surface area (Å²) < 4.78 is 12.9. The molecule has 110 valence electrons. The van der Waals surface area contributed by atoms with E-state index in [2.05, 4.69) is 5.32 Å². The Bertz CT molecular complexity index is 676. The van der Waals surface area contributed by atoms with E-state index >= 15 is 0 Å². The minimum absolute atomic E-state index is 0.277. The Morgan fingerprint density at radius 3 is 2.38 bits per heavy atom. The second-order valence-electron chi connectivity index (χ2n) is 4.69. The van der Waals surface area contributed by atoms with Crippen LogP contribution in [0.4, 0.5) is 10.1 Å². The van der Waals surface area contributed by atoms with Gasteiger partial charge in [0, 0.05) is 21.3 Å². The monoisotopic (exact) mass is 327 g/mol. The maximum absolute atomic E-state index is 12.9. The van der Waals surface area contributed by atoms with E-state index < -0.39 is 17.3 Å². The van der Waals surface area contributed by atoms with Crippen LogP contribution in [0.5, 0.6) is 0 Å². The summed E-state index contributed by atoms with van der Waals surface area (Å²) in [5.41, 5.74) is -0.717. The average Bonchev–Trinajstić information content (AvgIpc) is 2.43. The molecule has 21 heavy (non-hydrogen) atoms. The van der Waals surface area contributed by atoms with Gasteiger partial charge in [-0.25, -0.2) is 9.18 Å². The number of benzene rings is 2. The molecule has 3 nitrogen and oxygen atoms in total. The van der Waals surface area contributed by atoms with Crippen LogP contribution in [0.25, 0.3) is 0 Å². The van der Waals surface area contributed by atoms with E-state index in [-0.39, 0.29) is 5.02 Å². The molecule has 2 aromatic carbocycles. The molecule has 0 fully saturated rings. The first-order valence-corrected chi connectivity index (χ1v) is 6.81. The highest BCUT2D eigenvalue weighted by atomic mass is 35.5. The van der Waals surface area contributed by atoms with Crippen molar-refractivity contribution in [2.24, 2.45) is 0 Å². The maximum atomic E-state index is 12.9. The lowest BCUT2D eigenvalue weighted by atomic mass is 9.91. The van der Waals surface area contributed by atoms with Crippen molar-refractivity contribution in [3.8, 4) is 0 Å². The first-order chi connectivity index (χ1) is 9.83. The lowest BCUT2D eigenvalue weighted by molar-refractivity contribution is -0.142. The summed E-state index contributed by atoms with van der Waals surface area (Å²) in [6.45, 7) is 1.47. The van der Waals surface area contributed by atoms with E-state index in [4.69, 9.17) is 23.2 Å². The zero-order valence-electron chi connectivity index (χ0n) is 11.0. The van der Waals surface area contributed by atoms with Crippen LogP contribution in [-0.4, -0.2) is 11.1 Å². The molecule has 1 atom stereocenters. The second kappa shape index (κ2) is 5.92. The van der Waals surface area contributed by atoms with E-state index in [1.165, 1.54) is 43.3 Å². The van der Waals surface area contributed by atoms with Crippen molar-refractivity contribution in [3.05, 3.63) is 63.9 Å². The van der Waals surface area contributed by atoms with Gasteiger partial charge in [0.1, 0.15) is 5.82 Å². The Balaban J connectivity index is 2.47. The van der Waals surface area contributed by atoms with Crippen LogP contribution < -0.4 is 5.32 Å². The third-order valence-electron chi connectivity index (χ3n) is 3.13. The quantitative estimate of drug-likeness (QED) is 0.866. The number of aliphatic carboxylic acids is 1. The number of rotatable bonds is 4. The Hall–Kier alpha value is -1.78. The average molecular weight is 328 g/mol. The van der Waals surface area contributed by atoms with Crippen molar-refractivity contribution in [1.82, 2.24) is 0 Å². The molecule has 0 saturated carbocycles. The predicted molar refractivity (Wildman–Crippen MR) is 81.5 cm³/mol. The van der Waals surface area contributed by atoms with Gasteiger partial charge in [-0.05, 0) is 49.4 Å². The largest absolute Gasteiger partial charge is 0.479 e. The van der Waals surface area contributed by atoms with Crippen molar-refractivity contribution in [3.63, 3.8) is 0 Å². The summed E-state index contributed by atoms with van der Waals surface area (Å²) in [5.74, 6) is -1.53. The molecule has 0 heterocycles. The van der Waals surface area contributed by atoms with E-state index in [1.807, 2.05) is 0 Å². The molecule has 0 saturated heterocycles. The molecule has 0 aliphatic rings. The smallest absolute Gasteiger partial charge is 0.333 e. The van der Waals surface area contributed by atoms with Crippen LogP contribution in [0.2, 0.25) is 10.0 Å². The van der Waals surface area contributed by atoms with Gasteiger partial charge in [-0.3, -0.25) is 0 Å². The summed E-state index contributed by atoms with van der Waals surface area (Å²) in [6.07, 6.45) is 0. The molecule has 0 bridgehead atoms. The van der Waals surface area contributed by atoms with Crippen LogP contribution in [0, 0.1) is 5.82 Å². The zero-order chi connectivity index (χ0) is 15.6. The highest BCUT2D eigenvalue weighted by Gasteiger charge is 2.37. The molecule has 0 aliphatic heterocycles. The summed E-state index contributed by atoms with van der Waals surface area (Å²) in [7, 11) is 0. The first-order valence-electron chi connectivity index (χ1n) is 6.05. The molecule has 0 radical (unpaired) electrons. The number of carboxylic acid groups (broad SMARTS) is 1. The third-order valence-corrected chi connectivity index (χ3v) is 3.70. The van der Waals surface area contributed by atoms with Crippen LogP contribution in [0.1, 0.15) is 12.5 Å². The third kappa shape index (κ3) is 3.28. The van der Waals surface area contributed by atoms with Crippen molar-refractivity contribution in [1.29, 1.82) is 0 Å². The molecule has 2 rings (SSSR count). The standard InChI is InChI=1S/C15H12Cl2FNO2/c1-15(14(20)21,12-8-9(16)2-7-13(12)17)19-11-5-3-10(18)4-6-11/h2-8,19H,1H3,(H,20,21). The van der Waals surface area contributed by atoms with Gasteiger partial charge in [0.25, 0.3) is 0 Å². The summed E-state index contributed by atoms with van der Waals surface area (Å²) in [4.78, 5) is 11.7. The van der Waals surface area contributed by atoms with E-state index in [0.717, 1.165) is 0 Å². The van der Waals surface area contributed by atoms with Crippen LogP contribution >= 0.6 is 23.2 Å². The molecule has 6 heteroatoms. The van der Waals surface area contributed by atoms with Crippen molar-refractivity contribution < 1.29 is 14.3 Å². The van der Waals surface area contributed by atoms with Gasteiger partial charge in [0.2, 0.25) is 0 Å². The molecule has 0 aromatic heterocycles. The number of nitrogens with one attached hydrogen (secondary N) is 1. The number of hydrogen-bond donors (Lipinski definition) is 2. The van der Waals surface area contributed by atoms with Crippen molar-refractivity contribution >= 4 is 34.9 Å². The molecule has 2 aromatic rings. The molecule has 0 amide bonds. The van der Waals surface area contributed by atoms with E-state index in [1.54, 1.807) is 6.07 Å². The number of hydrogen-bond acceptors (Lipinski definition) is 2. The molecule has 0 aliphatic carbocycles. The highest BCUT2D eigenvalue weighted by molar-refractivity contribution is 6.34. The topological polar surface area (TPSA) is 49.3 Å². The minimum Gasteiger partial charge on any atom is -0.479 e. The van der Waals surface area contributed by atoms with Crippen molar-refractivity contribution in [2.75, 3.05) is 5.32 Å². The van der Waals surface area contributed by atoms with Gasteiger partial charge in [0.15, 0.2) is 5.54 Å². The fourth-order valence-corrected chi connectivity index (χ4v) is 2.42. The Kier molecular flexibility index (Phi) is 4.40. The lowest BCUT2D eigenvalue weighted by Gasteiger charge is -2.29. The molecular weight excluding hydrogens is 316 g/mol. The van der Waals surface area contributed by atoms with E-state index in [0.29, 0.717) is 16.3 Å². The number of carboxylic acids is 1. The second-order valence-corrected chi connectivity index (χ2v) is 5.53. The van der Waals surface area contributed by atoms with Crippen molar-refractivity contribution in [2.45, 2.75) is 12.5 Å². The molecule has 2 N–H and O–H groups in total. The Labute approximate surface area is 131 Å². The van der Waals surface area contributed by atoms with Gasteiger partial charge in [-0.2, -0.15) is 0 Å². The van der Waals surface area contributed by atoms with Gasteiger partial charge in [-0.1, -0.05) is 23.2 Å². The van der Waals surface area contributed by atoms with Crippen LogP contribution in [0.15, 0.2) is 42.5 Å². The maximum Gasteiger partial charge on any atom is 0.333 e. The highest BCUT2D eigenvalue weighted by Crippen LogP contribution is 2.33. The van der Waals surface area contributed by atoms with Crippen LogP contribution in [0.3, 0.4) is 0 Å². The zero-order valence-corrected chi connectivity index (χ0v) is 12.5. The fraction of sp³-hybridized carbons (Fsp3) is 0.133. The number of halogens is 3. The van der Waals surface area contributed by atoms with Gasteiger partial charge in [0.05, 0.1) is 0 Å². The fourth-order valence-electron chi connectivity index (χ4n) is 1.94. The summed E-state index contributed by atoms with van der Waals surface area (Å²) >= 11 is 12.0. The normalized spacial score (nSPS) is 13.5. The number of carbonyl (C=O) groups is 1. The summed E-state index contributed by atoms with van der Waals surface area (Å²) in [6, 6.07) is 9.99. The van der Waals surface area contributed by atoms with Crippen LogP contribution in [-0.2, 0) is 10.3 Å². The van der Waals surface area contributed by atoms with E-state index in [9.17, 15) is 14.3 Å². The Morgan fingerprint density at radius 2 is 1.81 bits per heavy atom. The Morgan fingerprint density at radius 1 is 1.19 bits per heavy atom. The molecular formula is C15H12Cl2FNO2. The first kappa shape index (κ1) is 15.6. The predicted octanol–water partition coefficient (Wildman–Crippen LogP) is 4.54.